The van der Waals surface area contributed by atoms with E-state index in [1.807, 2.05) is 12.2 Å². The molecule has 0 aromatic heterocycles. The second-order valence-corrected chi connectivity index (χ2v) is 4.00. The van der Waals surface area contributed by atoms with E-state index in [0.717, 1.165) is 18.8 Å². The number of halogens is 1. The summed E-state index contributed by atoms with van der Waals surface area (Å²) in [5.74, 6) is 0.966. The van der Waals surface area contributed by atoms with Crippen LogP contribution in [0.3, 0.4) is 0 Å². The fourth-order valence-corrected chi connectivity index (χ4v) is 1.42. The highest BCUT2D eigenvalue weighted by Gasteiger charge is 1.97. The summed E-state index contributed by atoms with van der Waals surface area (Å²) >= 11 is 0. The molecule has 1 aromatic rings. The van der Waals surface area contributed by atoms with Gasteiger partial charge in [-0.3, -0.25) is 0 Å². The number of ether oxygens (including phenoxy) is 1. The molecule has 0 aliphatic heterocycles. The largest absolute Gasteiger partial charge is 0.489 e. The number of benzene rings is 1. The van der Waals surface area contributed by atoms with Crippen LogP contribution < -0.4 is 10.1 Å². The van der Waals surface area contributed by atoms with Crippen LogP contribution in [0.25, 0.3) is 0 Å². The van der Waals surface area contributed by atoms with E-state index in [1.54, 1.807) is 0 Å². The summed E-state index contributed by atoms with van der Waals surface area (Å²) in [6, 6.07) is 6.25. The molecule has 0 atom stereocenters. The highest BCUT2D eigenvalue weighted by Crippen LogP contribution is 2.18. The van der Waals surface area contributed by atoms with E-state index in [9.17, 15) is 0 Å². The molecule has 0 heterocycles. The molecule has 0 amide bonds. The predicted molar refractivity (Wildman–Crippen MR) is 80.9 cm³/mol. The van der Waals surface area contributed by atoms with Crippen LogP contribution in [0.4, 0.5) is 0 Å². The molecule has 100 valence electrons. The lowest BCUT2D eigenvalue weighted by atomic mass is 10.1. The normalized spacial score (nSPS) is 10.1. The minimum absolute atomic E-state index is 0. The molecule has 1 N–H and O–H groups in total. The lowest BCUT2D eigenvalue weighted by molar-refractivity contribution is 0.359. The maximum atomic E-state index is 5.69. The summed E-state index contributed by atoms with van der Waals surface area (Å²) in [5.41, 5.74) is 2.40. The van der Waals surface area contributed by atoms with Crippen molar-refractivity contribution in [2.24, 2.45) is 0 Å². The Hall–Kier alpha value is -1.25. The molecule has 0 unspecified atom stereocenters. The van der Waals surface area contributed by atoms with Crippen molar-refractivity contribution in [3.05, 3.63) is 54.1 Å². The van der Waals surface area contributed by atoms with Crippen molar-refractivity contribution in [1.29, 1.82) is 0 Å². The standard InChI is InChI=1S/C15H21NO.ClH/c1-4-9-16-10-5-6-11-17-15-12-13(2)7-8-14(15)3;/h4-8,12,16H,1,9-11H2,2-3H3;1H. The molecule has 0 bridgehead atoms. The van der Waals surface area contributed by atoms with Crippen LogP contribution in [0.5, 0.6) is 5.75 Å². The fraction of sp³-hybridized carbons (Fsp3) is 0.333. The summed E-state index contributed by atoms with van der Waals surface area (Å²) in [4.78, 5) is 0. The summed E-state index contributed by atoms with van der Waals surface area (Å²) in [6.45, 7) is 10.1. The van der Waals surface area contributed by atoms with Gasteiger partial charge < -0.3 is 10.1 Å². The maximum Gasteiger partial charge on any atom is 0.122 e. The predicted octanol–water partition coefficient (Wildman–Crippen LogP) is 3.44. The first-order chi connectivity index (χ1) is 8.24. The monoisotopic (exact) mass is 267 g/mol. The Balaban J connectivity index is 0.00000289. The Kier molecular flexibility index (Phi) is 9.07. The third-order valence-electron chi connectivity index (χ3n) is 2.40. The van der Waals surface area contributed by atoms with Gasteiger partial charge in [-0.1, -0.05) is 30.4 Å². The van der Waals surface area contributed by atoms with Crippen molar-refractivity contribution in [2.45, 2.75) is 13.8 Å². The highest BCUT2D eigenvalue weighted by molar-refractivity contribution is 5.85. The maximum absolute atomic E-state index is 5.69. The molecule has 0 radical (unpaired) electrons. The quantitative estimate of drug-likeness (QED) is 0.604. The van der Waals surface area contributed by atoms with Gasteiger partial charge in [-0.25, -0.2) is 0 Å². The van der Waals surface area contributed by atoms with Crippen molar-refractivity contribution in [1.82, 2.24) is 5.32 Å². The third-order valence-corrected chi connectivity index (χ3v) is 2.40. The van der Waals surface area contributed by atoms with E-state index in [2.05, 4.69) is 50.0 Å². The van der Waals surface area contributed by atoms with E-state index in [1.165, 1.54) is 11.1 Å². The number of hydrogen-bond donors (Lipinski definition) is 1. The molecule has 0 aliphatic carbocycles. The molecule has 0 saturated heterocycles. The van der Waals surface area contributed by atoms with Crippen LogP contribution in [-0.2, 0) is 0 Å². The molecule has 0 fully saturated rings. The first-order valence-electron chi connectivity index (χ1n) is 5.90. The van der Waals surface area contributed by atoms with Gasteiger partial charge in [-0.05, 0) is 31.0 Å². The minimum atomic E-state index is 0. The Bertz CT molecular complexity index is 388. The second kappa shape index (κ2) is 9.75. The first kappa shape index (κ1) is 16.8. The number of hydrogen-bond acceptors (Lipinski definition) is 2. The van der Waals surface area contributed by atoms with Gasteiger partial charge in [0.15, 0.2) is 0 Å². The van der Waals surface area contributed by atoms with Gasteiger partial charge in [0.25, 0.3) is 0 Å². The molecule has 3 heteroatoms. The van der Waals surface area contributed by atoms with Gasteiger partial charge in [0.2, 0.25) is 0 Å². The van der Waals surface area contributed by atoms with E-state index in [0.29, 0.717) is 6.61 Å². The second-order valence-electron chi connectivity index (χ2n) is 4.00. The van der Waals surface area contributed by atoms with Crippen molar-refractivity contribution in [3.8, 4) is 5.75 Å². The van der Waals surface area contributed by atoms with Gasteiger partial charge in [-0.15, -0.1) is 19.0 Å². The topological polar surface area (TPSA) is 21.3 Å². The Morgan fingerprint density at radius 3 is 2.72 bits per heavy atom. The molecule has 2 nitrogen and oxygen atoms in total. The van der Waals surface area contributed by atoms with Crippen molar-refractivity contribution < 1.29 is 4.74 Å². The molecular formula is C15H22ClNO. The van der Waals surface area contributed by atoms with Gasteiger partial charge in [0.1, 0.15) is 12.4 Å². The summed E-state index contributed by atoms with van der Waals surface area (Å²) in [6.07, 6.45) is 5.94. The molecule has 1 aromatic carbocycles. The Morgan fingerprint density at radius 2 is 2.00 bits per heavy atom. The average Bonchev–Trinajstić information content (AvgIpc) is 2.32. The van der Waals surface area contributed by atoms with Crippen LogP contribution >= 0.6 is 12.4 Å². The van der Waals surface area contributed by atoms with Crippen LogP contribution in [0, 0.1) is 13.8 Å². The minimum Gasteiger partial charge on any atom is -0.489 e. The lowest BCUT2D eigenvalue weighted by Gasteiger charge is -2.07. The molecule has 0 spiro atoms. The zero-order chi connectivity index (χ0) is 12.5. The van der Waals surface area contributed by atoms with E-state index < -0.39 is 0 Å². The number of rotatable bonds is 7. The molecule has 0 saturated carbocycles. The van der Waals surface area contributed by atoms with Crippen molar-refractivity contribution in [2.75, 3.05) is 19.7 Å². The average molecular weight is 268 g/mol. The number of aryl methyl sites for hydroxylation is 2. The SMILES string of the molecule is C=CCNCC=CCOc1cc(C)ccc1C.Cl. The van der Waals surface area contributed by atoms with Crippen molar-refractivity contribution >= 4 is 12.4 Å². The highest BCUT2D eigenvalue weighted by atomic mass is 35.5. The molecule has 0 aliphatic rings. The fourth-order valence-electron chi connectivity index (χ4n) is 1.42. The first-order valence-corrected chi connectivity index (χ1v) is 5.90. The van der Waals surface area contributed by atoms with Gasteiger partial charge in [0, 0.05) is 13.1 Å². The molecular weight excluding hydrogens is 246 g/mol. The van der Waals surface area contributed by atoms with E-state index >= 15 is 0 Å². The summed E-state index contributed by atoms with van der Waals surface area (Å²) in [7, 11) is 0. The number of nitrogens with one attached hydrogen (secondary N) is 1. The van der Waals surface area contributed by atoms with E-state index in [4.69, 9.17) is 4.74 Å². The Labute approximate surface area is 116 Å². The smallest absolute Gasteiger partial charge is 0.122 e. The molecule has 18 heavy (non-hydrogen) atoms. The summed E-state index contributed by atoms with van der Waals surface area (Å²) < 4.78 is 5.69. The Morgan fingerprint density at radius 1 is 1.22 bits per heavy atom. The van der Waals surface area contributed by atoms with Crippen LogP contribution in [0.2, 0.25) is 0 Å². The van der Waals surface area contributed by atoms with E-state index in [-0.39, 0.29) is 12.4 Å². The van der Waals surface area contributed by atoms with Gasteiger partial charge in [-0.2, -0.15) is 0 Å². The van der Waals surface area contributed by atoms with Gasteiger partial charge in [0.05, 0.1) is 0 Å². The zero-order valence-electron chi connectivity index (χ0n) is 11.1. The third kappa shape index (κ3) is 6.48. The van der Waals surface area contributed by atoms with Crippen molar-refractivity contribution in [3.63, 3.8) is 0 Å². The zero-order valence-corrected chi connectivity index (χ0v) is 11.9. The summed E-state index contributed by atoms with van der Waals surface area (Å²) in [5, 5.41) is 3.19. The van der Waals surface area contributed by atoms with Gasteiger partial charge >= 0.3 is 0 Å². The molecule has 1 rings (SSSR count). The van der Waals surface area contributed by atoms with Crippen LogP contribution in [0.15, 0.2) is 43.0 Å². The lowest BCUT2D eigenvalue weighted by Crippen LogP contribution is -2.12. The van der Waals surface area contributed by atoms with Crippen LogP contribution in [-0.4, -0.2) is 19.7 Å². The van der Waals surface area contributed by atoms with Crippen LogP contribution in [0.1, 0.15) is 11.1 Å².